The molecule has 0 spiro atoms. The summed E-state index contributed by atoms with van der Waals surface area (Å²) in [5.74, 6) is 0. The molecule has 0 atom stereocenters. The average Bonchev–Trinajstić information content (AvgIpc) is 1.90. The third-order valence-corrected chi connectivity index (χ3v) is 12.1. The Kier molecular flexibility index (Phi) is 15.7. The first kappa shape index (κ1) is 15.0. The number of hydrogen-bond donors (Lipinski definition) is 0. The van der Waals surface area contributed by atoms with Crippen LogP contribution >= 0.6 is 0 Å². The van der Waals surface area contributed by atoms with Crippen LogP contribution in [0.25, 0.3) is 0 Å². The molecule has 0 rings (SSSR count). The van der Waals surface area contributed by atoms with Crippen molar-refractivity contribution < 1.29 is 24.0 Å². The van der Waals surface area contributed by atoms with Crippen molar-refractivity contribution >= 4 is 19.8 Å². The Morgan fingerprint density at radius 3 is 1.18 bits per heavy atom. The number of halogens is 1. The smallest absolute Gasteiger partial charge is 1.00 e. The van der Waals surface area contributed by atoms with Crippen LogP contribution in [0.4, 0.5) is 0 Å². The van der Waals surface area contributed by atoms with Gasteiger partial charge in [0.2, 0.25) is 0 Å². The zero-order chi connectivity index (χ0) is 7.82. The monoisotopic (exact) mass is 376 g/mol. The van der Waals surface area contributed by atoms with E-state index in [1.165, 1.54) is 19.3 Å². The summed E-state index contributed by atoms with van der Waals surface area (Å²) in [6.45, 7) is 7.02. The molecule has 0 nitrogen and oxygen atoms in total. The van der Waals surface area contributed by atoms with Gasteiger partial charge < -0.3 is 24.0 Å². The Morgan fingerprint density at radius 1 is 0.727 bits per heavy atom. The van der Waals surface area contributed by atoms with Crippen molar-refractivity contribution in [2.24, 2.45) is 0 Å². The van der Waals surface area contributed by atoms with Crippen LogP contribution in [0, 0.1) is 0 Å². The van der Waals surface area contributed by atoms with Gasteiger partial charge in [0.25, 0.3) is 0 Å². The molecule has 68 valence electrons. The molecular formula is C9H21ISn. The van der Waals surface area contributed by atoms with Crippen LogP contribution < -0.4 is 24.0 Å². The first-order valence-electron chi connectivity index (χ1n) is 4.68. The maximum atomic E-state index is 2.34. The fourth-order valence-electron chi connectivity index (χ4n) is 1.44. The van der Waals surface area contributed by atoms with Gasteiger partial charge in [-0.3, -0.25) is 0 Å². The summed E-state index contributed by atoms with van der Waals surface area (Å²) in [5, 5.41) is 0. The van der Waals surface area contributed by atoms with Gasteiger partial charge in [0.1, 0.15) is 0 Å². The molecule has 0 aliphatic rings. The maximum absolute atomic E-state index is 2.34. The van der Waals surface area contributed by atoms with E-state index in [4.69, 9.17) is 0 Å². The van der Waals surface area contributed by atoms with Gasteiger partial charge in [0, 0.05) is 0 Å². The average molecular weight is 375 g/mol. The van der Waals surface area contributed by atoms with Gasteiger partial charge in [-0.15, -0.1) is 0 Å². The zero-order valence-corrected chi connectivity index (χ0v) is 13.1. The van der Waals surface area contributed by atoms with Gasteiger partial charge in [-0.25, -0.2) is 0 Å². The molecule has 0 aromatic carbocycles. The molecule has 0 saturated heterocycles. The predicted octanol–water partition coefficient (Wildman–Crippen LogP) is 0.715. The Bertz CT molecular complexity index is 52.3. The van der Waals surface area contributed by atoms with Crippen molar-refractivity contribution in [3.8, 4) is 0 Å². The summed E-state index contributed by atoms with van der Waals surface area (Å²) in [5.41, 5.74) is 0. The molecule has 0 bridgehead atoms. The molecule has 0 amide bonds. The van der Waals surface area contributed by atoms with E-state index in [1.54, 1.807) is 13.3 Å². The fourth-order valence-corrected chi connectivity index (χ4v) is 9.63. The SMILES string of the molecule is CC[CH2][Sn+]([CH2]CC)[CH2]CC.[I-]. The first-order valence-corrected chi connectivity index (χ1v) is 10.7. The molecule has 0 aliphatic heterocycles. The molecule has 0 aromatic rings. The second-order valence-electron chi connectivity index (χ2n) is 3.00. The minimum atomic E-state index is -0.759. The summed E-state index contributed by atoms with van der Waals surface area (Å²) in [7, 11) is 0. The normalized spacial score (nSPS) is 9.00. The van der Waals surface area contributed by atoms with Gasteiger partial charge >= 0.3 is 73.1 Å². The van der Waals surface area contributed by atoms with E-state index < -0.39 is 19.8 Å². The summed E-state index contributed by atoms with van der Waals surface area (Å²) in [6, 6.07) is 0. The molecule has 0 saturated carbocycles. The Morgan fingerprint density at radius 2 is 1.00 bits per heavy atom. The Balaban J connectivity index is 0. The van der Waals surface area contributed by atoms with Crippen LogP contribution in [-0.4, -0.2) is 19.8 Å². The van der Waals surface area contributed by atoms with E-state index in [0.29, 0.717) is 0 Å². The van der Waals surface area contributed by atoms with E-state index in [1.807, 2.05) is 0 Å². The quantitative estimate of drug-likeness (QED) is 0.474. The van der Waals surface area contributed by atoms with Crippen molar-refractivity contribution in [1.29, 1.82) is 0 Å². The molecule has 0 aliphatic carbocycles. The maximum Gasteiger partial charge on any atom is -1.00 e. The predicted molar refractivity (Wildman–Crippen MR) is 51.0 cm³/mol. The molecule has 11 heavy (non-hydrogen) atoms. The van der Waals surface area contributed by atoms with Crippen molar-refractivity contribution in [3.63, 3.8) is 0 Å². The molecule has 0 heterocycles. The van der Waals surface area contributed by atoms with Gasteiger partial charge in [0.15, 0.2) is 0 Å². The first-order chi connectivity index (χ1) is 4.85. The minimum absolute atomic E-state index is 0. The molecule has 0 radical (unpaired) electrons. The summed E-state index contributed by atoms with van der Waals surface area (Å²) in [4.78, 5) is 0. The van der Waals surface area contributed by atoms with Crippen LogP contribution in [-0.2, 0) is 0 Å². The van der Waals surface area contributed by atoms with Gasteiger partial charge in [0.05, 0.1) is 0 Å². The van der Waals surface area contributed by atoms with Crippen LogP contribution in [0.15, 0.2) is 0 Å². The van der Waals surface area contributed by atoms with Crippen molar-refractivity contribution in [2.75, 3.05) is 0 Å². The van der Waals surface area contributed by atoms with Crippen LogP contribution in [0.2, 0.25) is 13.3 Å². The summed E-state index contributed by atoms with van der Waals surface area (Å²) >= 11 is -0.759. The molecule has 0 unspecified atom stereocenters. The Hall–Kier alpha value is 1.53. The summed E-state index contributed by atoms with van der Waals surface area (Å²) in [6.07, 6.45) is 4.36. The second kappa shape index (κ2) is 11.5. The van der Waals surface area contributed by atoms with Crippen LogP contribution in [0.3, 0.4) is 0 Å². The number of hydrogen-bond acceptors (Lipinski definition) is 0. The van der Waals surface area contributed by atoms with Crippen LogP contribution in [0.5, 0.6) is 0 Å². The fraction of sp³-hybridized carbons (Fsp3) is 1.00. The molecular weight excluding hydrogens is 354 g/mol. The van der Waals surface area contributed by atoms with E-state index >= 15 is 0 Å². The van der Waals surface area contributed by atoms with Crippen molar-refractivity contribution in [2.45, 2.75) is 53.3 Å². The molecule has 0 aromatic heterocycles. The van der Waals surface area contributed by atoms with Gasteiger partial charge in [-0.1, -0.05) is 0 Å². The Labute approximate surface area is 96.3 Å². The van der Waals surface area contributed by atoms with E-state index in [2.05, 4.69) is 20.8 Å². The molecule has 0 fully saturated rings. The van der Waals surface area contributed by atoms with Crippen LogP contribution in [0.1, 0.15) is 40.0 Å². The standard InChI is InChI=1S/3C3H7.HI.Sn/c3*1-3-2;;/h3*1,3H2,2H3;1H;/q;;;;+1/p-1. The largest absolute Gasteiger partial charge is 1.00 e. The van der Waals surface area contributed by atoms with Gasteiger partial charge in [-0.2, -0.15) is 0 Å². The summed E-state index contributed by atoms with van der Waals surface area (Å²) < 4.78 is 4.93. The van der Waals surface area contributed by atoms with Gasteiger partial charge in [-0.05, 0) is 0 Å². The molecule has 0 N–H and O–H groups in total. The molecule has 2 heteroatoms. The van der Waals surface area contributed by atoms with Crippen molar-refractivity contribution in [3.05, 3.63) is 0 Å². The minimum Gasteiger partial charge on any atom is -1.00 e. The van der Waals surface area contributed by atoms with E-state index in [9.17, 15) is 0 Å². The third-order valence-electron chi connectivity index (χ3n) is 1.81. The second-order valence-corrected chi connectivity index (χ2v) is 11.6. The van der Waals surface area contributed by atoms with Crippen molar-refractivity contribution in [1.82, 2.24) is 0 Å². The van der Waals surface area contributed by atoms with E-state index in [0.717, 1.165) is 0 Å². The zero-order valence-electron chi connectivity index (χ0n) is 8.12. The number of rotatable bonds is 6. The third kappa shape index (κ3) is 9.44. The van der Waals surface area contributed by atoms with E-state index in [-0.39, 0.29) is 24.0 Å². The topological polar surface area (TPSA) is 0 Å².